The van der Waals surface area contributed by atoms with E-state index in [-0.39, 0.29) is 23.9 Å². The Morgan fingerprint density at radius 2 is 2.08 bits per heavy atom. The fourth-order valence-corrected chi connectivity index (χ4v) is 3.98. The standard InChI is InChI=1S/C18H29N5O3/c1-15(23-10-3-7-20-23)17(25)21(2)14-16(24)22-11-9-19-8-4-18(22)5-12-26-13-6-18/h3,7,10,15,19H,4-6,8-9,11-14H2,1-2H3. The maximum absolute atomic E-state index is 13.1. The Morgan fingerprint density at radius 3 is 2.77 bits per heavy atom. The maximum atomic E-state index is 13.1. The average Bonchev–Trinajstić information content (AvgIpc) is 3.11. The van der Waals surface area contributed by atoms with Gasteiger partial charge >= 0.3 is 0 Å². The van der Waals surface area contributed by atoms with Gasteiger partial charge in [0.2, 0.25) is 11.8 Å². The van der Waals surface area contributed by atoms with Crippen LogP contribution in [0.5, 0.6) is 0 Å². The Bertz CT molecular complexity index is 612. The van der Waals surface area contributed by atoms with E-state index >= 15 is 0 Å². The van der Waals surface area contributed by atoms with Crippen LogP contribution >= 0.6 is 0 Å². The fourth-order valence-electron chi connectivity index (χ4n) is 3.98. The maximum Gasteiger partial charge on any atom is 0.247 e. The molecule has 3 heterocycles. The molecule has 1 aromatic heterocycles. The second kappa shape index (κ2) is 8.18. The molecule has 2 aliphatic heterocycles. The van der Waals surface area contributed by atoms with Gasteiger partial charge in [0.1, 0.15) is 6.04 Å². The van der Waals surface area contributed by atoms with Crippen molar-refractivity contribution in [2.75, 3.05) is 46.4 Å². The predicted molar refractivity (Wildman–Crippen MR) is 96.6 cm³/mol. The Kier molecular flexibility index (Phi) is 5.93. The van der Waals surface area contributed by atoms with E-state index in [1.807, 2.05) is 4.90 Å². The van der Waals surface area contributed by atoms with Crippen molar-refractivity contribution in [2.45, 2.75) is 37.8 Å². The summed E-state index contributed by atoms with van der Waals surface area (Å²) < 4.78 is 7.14. The molecule has 2 fully saturated rings. The minimum absolute atomic E-state index is 0.0131. The molecule has 1 spiro atoms. The van der Waals surface area contributed by atoms with Crippen molar-refractivity contribution in [3.05, 3.63) is 18.5 Å². The molecule has 8 heteroatoms. The van der Waals surface area contributed by atoms with Crippen LogP contribution in [0, 0.1) is 0 Å². The fraction of sp³-hybridized carbons (Fsp3) is 0.722. The number of hydrogen-bond donors (Lipinski definition) is 1. The van der Waals surface area contributed by atoms with Gasteiger partial charge in [0.25, 0.3) is 0 Å². The van der Waals surface area contributed by atoms with Crippen LogP contribution in [0.3, 0.4) is 0 Å². The second-order valence-electron chi connectivity index (χ2n) is 7.24. The van der Waals surface area contributed by atoms with Gasteiger partial charge in [-0.3, -0.25) is 14.3 Å². The minimum Gasteiger partial charge on any atom is -0.381 e. The lowest BCUT2D eigenvalue weighted by Gasteiger charge is -2.45. The molecule has 0 saturated carbocycles. The van der Waals surface area contributed by atoms with Crippen molar-refractivity contribution in [3.63, 3.8) is 0 Å². The lowest BCUT2D eigenvalue weighted by Crippen LogP contribution is -2.57. The number of hydrogen-bond acceptors (Lipinski definition) is 5. The third kappa shape index (κ3) is 3.91. The van der Waals surface area contributed by atoms with Crippen molar-refractivity contribution in [1.29, 1.82) is 0 Å². The smallest absolute Gasteiger partial charge is 0.247 e. The summed E-state index contributed by atoms with van der Waals surface area (Å²) in [6.45, 7) is 5.64. The number of nitrogens with one attached hydrogen (secondary N) is 1. The number of likely N-dealkylation sites (N-methyl/N-ethyl adjacent to an activating group) is 1. The molecule has 0 bridgehead atoms. The number of ether oxygens (including phenoxy) is 1. The summed E-state index contributed by atoms with van der Waals surface area (Å²) in [6.07, 6.45) is 6.07. The van der Waals surface area contributed by atoms with Crippen molar-refractivity contribution in [2.24, 2.45) is 0 Å². The van der Waals surface area contributed by atoms with Gasteiger partial charge in [-0.25, -0.2) is 0 Å². The molecule has 1 unspecified atom stereocenters. The van der Waals surface area contributed by atoms with Gasteiger partial charge in [0, 0.05) is 51.3 Å². The molecule has 2 aliphatic rings. The van der Waals surface area contributed by atoms with Gasteiger partial charge in [0.05, 0.1) is 6.54 Å². The Morgan fingerprint density at radius 1 is 1.31 bits per heavy atom. The lowest BCUT2D eigenvalue weighted by atomic mass is 9.84. The van der Waals surface area contributed by atoms with Gasteiger partial charge in [-0.1, -0.05) is 0 Å². The monoisotopic (exact) mass is 363 g/mol. The van der Waals surface area contributed by atoms with Crippen molar-refractivity contribution < 1.29 is 14.3 Å². The highest BCUT2D eigenvalue weighted by atomic mass is 16.5. The summed E-state index contributed by atoms with van der Waals surface area (Å²) in [4.78, 5) is 29.3. The van der Waals surface area contributed by atoms with Crippen LogP contribution < -0.4 is 5.32 Å². The first-order chi connectivity index (χ1) is 12.5. The molecule has 2 saturated heterocycles. The zero-order valence-electron chi connectivity index (χ0n) is 15.7. The third-order valence-corrected chi connectivity index (χ3v) is 5.60. The van der Waals surface area contributed by atoms with E-state index < -0.39 is 6.04 Å². The zero-order chi connectivity index (χ0) is 18.6. The normalized spacial score (nSPS) is 21.2. The van der Waals surface area contributed by atoms with E-state index in [1.54, 1.807) is 37.1 Å². The van der Waals surface area contributed by atoms with E-state index in [2.05, 4.69) is 10.4 Å². The highest BCUT2D eigenvalue weighted by molar-refractivity contribution is 5.86. The molecular weight excluding hydrogens is 334 g/mol. The third-order valence-electron chi connectivity index (χ3n) is 5.60. The second-order valence-corrected chi connectivity index (χ2v) is 7.24. The molecule has 8 nitrogen and oxygen atoms in total. The first kappa shape index (κ1) is 18.8. The number of aromatic nitrogens is 2. The molecule has 1 aromatic rings. The predicted octanol–water partition coefficient (Wildman–Crippen LogP) is 0.274. The van der Waals surface area contributed by atoms with E-state index in [9.17, 15) is 9.59 Å². The first-order valence-corrected chi connectivity index (χ1v) is 9.36. The highest BCUT2D eigenvalue weighted by Gasteiger charge is 2.41. The van der Waals surface area contributed by atoms with Crippen LogP contribution in [0.2, 0.25) is 0 Å². The van der Waals surface area contributed by atoms with E-state index in [1.165, 1.54) is 4.90 Å². The summed E-state index contributed by atoms with van der Waals surface area (Å²) in [5, 5.41) is 7.51. The summed E-state index contributed by atoms with van der Waals surface area (Å²) >= 11 is 0. The number of carbonyl (C=O) groups excluding carboxylic acids is 2. The highest BCUT2D eigenvalue weighted by Crippen LogP contribution is 2.32. The van der Waals surface area contributed by atoms with Gasteiger partial charge in [0.15, 0.2) is 0 Å². The van der Waals surface area contributed by atoms with Crippen LogP contribution in [0.1, 0.15) is 32.2 Å². The Hall–Kier alpha value is -1.93. The summed E-state index contributed by atoms with van der Waals surface area (Å²) in [5.74, 6) is -0.102. The zero-order valence-corrected chi connectivity index (χ0v) is 15.7. The summed E-state index contributed by atoms with van der Waals surface area (Å²) in [5.41, 5.74) is -0.143. The largest absolute Gasteiger partial charge is 0.381 e. The van der Waals surface area contributed by atoms with Crippen LogP contribution in [0.15, 0.2) is 18.5 Å². The van der Waals surface area contributed by atoms with E-state index in [0.717, 1.165) is 32.4 Å². The first-order valence-electron chi connectivity index (χ1n) is 9.36. The number of carbonyl (C=O) groups is 2. The van der Waals surface area contributed by atoms with Gasteiger partial charge in [-0.05, 0) is 38.8 Å². The van der Waals surface area contributed by atoms with Crippen molar-refractivity contribution in [1.82, 2.24) is 24.9 Å². The molecule has 0 aliphatic carbocycles. The molecule has 2 amide bonds. The lowest BCUT2D eigenvalue weighted by molar-refractivity contribution is -0.147. The summed E-state index contributed by atoms with van der Waals surface area (Å²) in [7, 11) is 1.69. The Balaban J connectivity index is 1.67. The van der Waals surface area contributed by atoms with Crippen LogP contribution in [0.4, 0.5) is 0 Å². The molecule has 1 N–H and O–H groups in total. The summed E-state index contributed by atoms with van der Waals surface area (Å²) in [6, 6.07) is 1.36. The molecule has 144 valence electrons. The van der Waals surface area contributed by atoms with Crippen LogP contribution in [-0.2, 0) is 14.3 Å². The van der Waals surface area contributed by atoms with Crippen molar-refractivity contribution in [3.8, 4) is 0 Å². The SMILES string of the molecule is CC(C(=O)N(C)CC(=O)N1CCNCCC12CCOCC2)n1cccn1. The molecular formula is C18H29N5O3. The quantitative estimate of drug-likeness (QED) is 0.831. The van der Waals surface area contributed by atoms with Gasteiger partial charge < -0.3 is 19.9 Å². The molecule has 26 heavy (non-hydrogen) atoms. The van der Waals surface area contributed by atoms with Gasteiger partial charge in [-0.15, -0.1) is 0 Å². The Labute approximate surface area is 154 Å². The van der Waals surface area contributed by atoms with E-state index in [4.69, 9.17) is 4.74 Å². The number of rotatable bonds is 4. The van der Waals surface area contributed by atoms with Crippen molar-refractivity contribution >= 4 is 11.8 Å². The minimum atomic E-state index is -0.425. The van der Waals surface area contributed by atoms with Gasteiger partial charge in [-0.2, -0.15) is 5.10 Å². The molecule has 1 atom stereocenters. The average molecular weight is 363 g/mol. The number of nitrogens with zero attached hydrogens (tertiary/aromatic N) is 4. The van der Waals surface area contributed by atoms with Crippen LogP contribution in [0.25, 0.3) is 0 Å². The topological polar surface area (TPSA) is 79.7 Å². The van der Waals surface area contributed by atoms with E-state index in [0.29, 0.717) is 19.8 Å². The van der Waals surface area contributed by atoms with Crippen LogP contribution in [-0.4, -0.2) is 83.4 Å². The number of amides is 2. The molecule has 0 radical (unpaired) electrons. The molecule has 3 rings (SSSR count). The molecule has 0 aromatic carbocycles.